The van der Waals surface area contributed by atoms with E-state index < -0.39 is 0 Å². The molecule has 1 aromatic rings. The zero-order chi connectivity index (χ0) is 8.97. The number of hydrogen-bond acceptors (Lipinski definition) is 2. The lowest BCUT2D eigenvalue weighted by Crippen LogP contribution is -2.02. The maximum Gasteiger partial charge on any atom is 0.133 e. The van der Waals surface area contributed by atoms with E-state index in [1.807, 2.05) is 18.2 Å². The van der Waals surface area contributed by atoms with E-state index in [0.717, 1.165) is 16.6 Å². The van der Waals surface area contributed by atoms with Gasteiger partial charge in [-0.1, -0.05) is 6.07 Å². The molecule has 0 saturated heterocycles. The summed E-state index contributed by atoms with van der Waals surface area (Å²) < 4.78 is 6.08. The molecule has 0 fully saturated rings. The van der Waals surface area contributed by atoms with Gasteiger partial charge < -0.3 is 10.5 Å². The minimum Gasteiger partial charge on any atom is -0.496 e. The molecule has 1 rings (SSSR count). The van der Waals surface area contributed by atoms with Crippen LogP contribution in [0.4, 0.5) is 0 Å². The maximum atomic E-state index is 5.43. The van der Waals surface area contributed by atoms with Crippen molar-refractivity contribution in [3.05, 3.63) is 28.2 Å². The van der Waals surface area contributed by atoms with Crippen LogP contribution in [0.1, 0.15) is 5.56 Å². The highest BCUT2D eigenvalue weighted by molar-refractivity contribution is 9.10. The lowest BCUT2D eigenvalue weighted by atomic mass is 10.1. The zero-order valence-corrected chi connectivity index (χ0v) is 8.60. The van der Waals surface area contributed by atoms with Crippen LogP contribution >= 0.6 is 15.9 Å². The van der Waals surface area contributed by atoms with Gasteiger partial charge in [0.05, 0.1) is 11.6 Å². The second kappa shape index (κ2) is 4.48. The Balaban J connectivity index is 2.86. The lowest BCUT2D eigenvalue weighted by Gasteiger charge is -2.04. The standard InChI is InChI=1S/C9H12BrNO/c1-12-9-3-2-7(4-5-11)6-8(9)10/h2-3,6H,4-5,11H2,1H3. The Morgan fingerprint density at radius 2 is 2.25 bits per heavy atom. The molecule has 0 aliphatic rings. The summed E-state index contributed by atoms with van der Waals surface area (Å²) in [5.41, 5.74) is 6.66. The molecule has 66 valence electrons. The van der Waals surface area contributed by atoms with Gasteiger partial charge in [0, 0.05) is 0 Å². The Morgan fingerprint density at radius 1 is 1.50 bits per heavy atom. The number of hydrogen-bond donors (Lipinski definition) is 1. The van der Waals surface area contributed by atoms with Crippen LogP contribution in [-0.4, -0.2) is 13.7 Å². The van der Waals surface area contributed by atoms with Crippen LogP contribution < -0.4 is 10.5 Å². The molecule has 0 spiro atoms. The molecule has 3 heteroatoms. The first-order valence-corrected chi connectivity index (χ1v) is 4.59. The van der Waals surface area contributed by atoms with Gasteiger partial charge in [-0.05, 0) is 46.6 Å². The third-order valence-corrected chi connectivity index (χ3v) is 2.27. The summed E-state index contributed by atoms with van der Waals surface area (Å²) in [7, 11) is 1.66. The predicted octanol–water partition coefficient (Wildman–Crippen LogP) is 1.96. The molecule has 0 amide bonds. The van der Waals surface area contributed by atoms with Gasteiger partial charge >= 0.3 is 0 Å². The molecular weight excluding hydrogens is 218 g/mol. The maximum absolute atomic E-state index is 5.43. The zero-order valence-electron chi connectivity index (χ0n) is 7.01. The molecular formula is C9H12BrNO. The number of halogens is 1. The predicted molar refractivity (Wildman–Crippen MR) is 53.5 cm³/mol. The first-order chi connectivity index (χ1) is 5.77. The molecule has 0 aliphatic heterocycles. The summed E-state index contributed by atoms with van der Waals surface area (Å²) in [4.78, 5) is 0. The highest BCUT2D eigenvalue weighted by Crippen LogP contribution is 2.25. The van der Waals surface area contributed by atoms with E-state index in [9.17, 15) is 0 Å². The van der Waals surface area contributed by atoms with Crippen molar-refractivity contribution in [1.82, 2.24) is 0 Å². The SMILES string of the molecule is COc1ccc(CCN)cc1Br. The molecule has 0 saturated carbocycles. The second-order valence-corrected chi connectivity index (χ2v) is 3.36. The van der Waals surface area contributed by atoms with Gasteiger partial charge in [0.25, 0.3) is 0 Å². The number of nitrogens with two attached hydrogens (primary N) is 1. The van der Waals surface area contributed by atoms with Crippen molar-refractivity contribution in [1.29, 1.82) is 0 Å². The van der Waals surface area contributed by atoms with Gasteiger partial charge in [-0.25, -0.2) is 0 Å². The largest absolute Gasteiger partial charge is 0.496 e. The van der Waals surface area contributed by atoms with Crippen LogP contribution in [0, 0.1) is 0 Å². The molecule has 0 unspecified atom stereocenters. The molecule has 0 heterocycles. The third-order valence-electron chi connectivity index (χ3n) is 1.65. The highest BCUT2D eigenvalue weighted by atomic mass is 79.9. The van der Waals surface area contributed by atoms with Gasteiger partial charge in [0.2, 0.25) is 0 Å². The van der Waals surface area contributed by atoms with Gasteiger partial charge in [-0.3, -0.25) is 0 Å². The van der Waals surface area contributed by atoms with Gasteiger partial charge in [-0.2, -0.15) is 0 Å². The molecule has 1 aromatic carbocycles. The van der Waals surface area contributed by atoms with Crippen molar-refractivity contribution in [3.8, 4) is 5.75 Å². The normalized spacial score (nSPS) is 9.92. The summed E-state index contributed by atoms with van der Waals surface area (Å²) >= 11 is 3.41. The highest BCUT2D eigenvalue weighted by Gasteiger charge is 1.99. The number of benzene rings is 1. The van der Waals surface area contributed by atoms with E-state index in [0.29, 0.717) is 6.54 Å². The van der Waals surface area contributed by atoms with Crippen LogP contribution in [0.2, 0.25) is 0 Å². The van der Waals surface area contributed by atoms with Crippen molar-refractivity contribution < 1.29 is 4.74 Å². The van der Waals surface area contributed by atoms with Crippen molar-refractivity contribution in [3.63, 3.8) is 0 Å². The van der Waals surface area contributed by atoms with Crippen LogP contribution in [0.5, 0.6) is 5.75 Å². The monoisotopic (exact) mass is 229 g/mol. The minimum absolute atomic E-state index is 0.679. The van der Waals surface area contributed by atoms with E-state index in [1.165, 1.54) is 5.56 Å². The van der Waals surface area contributed by atoms with Gasteiger partial charge in [0.15, 0.2) is 0 Å². The van der Waals surface area contributed by atoms with E-state index >= 15 is 0 Å². The summed E-state index contributed by atoms with van der Waals surface area (Å²) in [6, 6.07) is 6.00. The van der Waals surface area contributed by atoms with Crippen LogP contribution in [0.3, 0.4) is 0 Å². The molecule has 0 atom stereocenters. The first-order valence-electron chi connectivity index (χ1n) is 3.80. The van der Waals surface area contributed by atoms with Crippen LogP contribution in [0.25, 0.3) is 0 Å². The molecule has 2 N–H and O–H groups in total. The number of methoxy groups -OCH3 is 1. The smallest absolute Gasteiger partial charge is 0.133 e. The van der Waals surface area contributed by atoms with Crippen molar-refractivity contribution in [2.45, 2.75) is 6.42 Å². The quantitative estimate of drug-likeness (QED) is 0.861. The number of ether oxygens (including phenoxy) is 1. The fourth-order valence-corrected chi connectivity index (χ4v) is 1.62. The fourth-order valence-electron chi connectivity index (χ4n) is 1.03. The van der Waals surface area contributed by atoms with Gasteiger partial charge in [0.1, 0.15) is 5.75 Å². The molecule has 12 heavy (non-hydrogen) atoms. The molecule has 0 aromatic heterocycles. The van der Waals surface area contributed by atoms with E-state index in [4.69, 9.17) is 10.5 Å². The average Bonchev–Trinajstić information content (AvgIpc) is 2.05. The van der Waals surface area contributed by atoms with E-state index in [1.54, 1.807) is 7.11 Å². The van der Waals surface area contributed by atoms with Gasteiger partial charge in [-0.15, -0.1) is 0 Å². The fraction of sp³-hybridized carbons (Fsp3) is 0.333. The average molecular weight is 230 g/mol. The molecule has 2 nitrogen and oxygen atoms in total. The van der Waals surface area contributed by atoms with Crippen LogP contribution in [-0.2, 0) is 6.42 Å². The minimum atomic E-state index is 0.679. The summed E-state index contributed by atoms with van der Waals surface area (Å²) in [5, 5.41) is 0. The second-order valence-electron chi connectivity index (χ2n) is 2.51. The lowest BCUT2D eigenvalue weighted by molar-refractivity contribution is 0.412. The van der Waals surface area contributed by atoms with Crippen molar-refractivity contribution >= 4 is 15.9 Å². The van der Waals surface area contributed by atoms with E-state index in [2.05, 4.69) is 15.9 Å². The Hall–Kier alpha value is -0.540. The topological polar surface area (TPSA) is 35.2 Å². The van der Waals surface area contributed by atoms with Crippen LogP contribution in [0.15, 0.2) is 22.7 Å². The Morgan fingerprint density at radius 3 is 2.75 bits per heavy atom. The summed E-state index contributed by atoms with van der Waals surface area (Å²) in [6.07, 6.45) is 0.905. The molecule has 0 radical (unpaired) electrons. The summed E-state index contributed by atoms with van der Waals surface area (Å²) in [5.74, 6) is 0.857. The van der Waals surface area contributed by atoms with Crippen molar-refractivity contribution in [2.75, 3.05) is 13.7 Å². The first kappa shape index (κ1) is 9.55. The van der Waals surface area contributed by atoms with E-state index in [-0.39, 0.29) is 0 Å². The Bertz CT molecular complexity index is 263. The Kier molecular flexibility index (Phi) is 3.56. The van der Waals surface area contributed by atoms with Crippen molar-refractivity contribution in [2.24, 2.45) is 5.73 Å². The Labute approximate surface area is 80.8 Å². The third kappa shape index (κ3) is 2.22. The molecule has 0 aliphatic carbocycles. The number of rotatable bonds is 3. The summed E-state index contributed by atoms with van der Waals surface area (Å²) in [6.45, 7) is 0.679. The molecule has 0 bridgehead atoms.